The van der Waals surface area contributed by atoms with Gasteiger partial charge in [0.1, 0.15) is 24.7 Å². The van der Waals surface area contributed by atoms with Gasteiger partial charge in [-0.2, -0.15) is 5.10 Å². The Morgan fingerprint density at radius 3 is 2.25 bits per heavy atom. The van der Waals surface area contributed by atoms with Crippen LogP contribution in [-0.4, -0.2) is 23.4 Å². The van der Waals surface area contributed by atoms with Gasteiger partial charge in [0.25, 0.3) is 0 Å². The summed E-state index contributed by atoms with van der Waals surface area (Å²) in [7, 11) is 0. The Labute approximate surface area is 163 Å². The van der Waals surface area contributed by atoms with Crippen molar-refractivity contribution in [1.29, 1.82) is 0 Å². The normalized spacial score (nSPS) is 10.6. The first kappa shape index (κ1) is 17.7. The number of H-pyrrole nitrogens is 1. The molecule has 0 fully saturated rings. The van der Waals surface area contributed by atoms with Crippen LogP contribution in [0.25, 0.3) is 22.5 Å². The second-order valence-electron chi connectivity index (χ2n) is 6.33. The van der Waals surface area contributed by atoms with Gasteiger partial charge in [-0.15, -0.1) is 0 Å². The number of aromatic amines is 1. The predicted octanol–water partition coefficient (Wildman–Crippen LogP) is 4.78. The fourth-order valence-corrected chi connectivity index (χ4v) is 2.90. The number of ether oxygens (including phenoxy) is 2. The van der Waals surface area contributed by atoms with Crippen LogP contribution in [-0.2, 0) is 0 Å². The number of nitrogens with zero attached hydrogens (tertiary/aromatic N) is 1. The fourth-order valence-electron chi connectivity index (χ4n) is 2.90. The number of anilines is 1. The summed E-state index contributed by atoms with van der Waals surface area (Å²) in [5.41, 5.74) is 10.3. The van der Waals surface area contributed by atoms with E-state index in [0.29, 0.717) is 13.2 Å². The summed E-state index contributed by atoms with van der Waals surface area (Å²) in [6, 6.07) is 27.3. The minimum Gasteiger partial charge on any atom is -0.490 e. The maximum Gasteiger partial charge on any atom is 0.122 e. The topological polar surface area (TPSA) is 73.2 Å². The van der Waals surface area contributed by atoms with Crippen molar-refractivity contribution >= 4 is 5.69 Å². The molecule has 5 heteroatoms. The van der Waals surface area contributed by atoms with E-state index >= 15 is 0 Å². The zero-order valence-corrected chi connectivity index (χ0v) is 15.3. The number of nitrogens with one attached hydrogen (secondary N) is 1. The van der Waals surface area contributed by atoms with E-state index in [0.717, 1.165) is 39.7 Å². The second kappa shape index (κ2) is 8.31. The highest BCUT2D eigenvalue weighted by atomic mass is 16.5. The molecule has 1 aromatic heterocycles. The molecule has 4 rings (SSSR count). The minimum atomic E-state index is 0.468. The van der Waals surface area contributed by atoms with E-state index in [4.69, 9.17) is 15.2 Å². The van der Waals surface area contributed by atoms with Gasteiger partial charge in [0.05, 0.1) is 11.4 Å². The maximum absolute atomic E-state index is 5.86. The van der Waals surface area contributed by atoms with Gasteiger partial charge in [0.15, 0.2) is 0 Å². The molecule has 1 heterocycles. The molecule has 28 heavy (non-hydrogen) atoms. The number of rotatable bonds is 7. The van der Waals surface area contributed by atoms with E-state index in [1.807, 2.05) is 84.9 Å². The zero-order chi connectivity index (χ0) is 19.2. The average Bonchev–Trinajstić information content (AvgIpc) is 3.23. The molecule has 5 nitrogen and oxygen atoms in total. The molecule has 4 aromatic rings. The third kappa shape index (κ3) is 4.32. The molecule has 0 atom stereocenters. The van der Waals surface area contributed by atoms with E-state index in [-0.39, 0.29) is 0 Å². The molecular weight excluding hydrogens is 350 g/mol. The Hall–Kier alpha value is -3.73. The third-order valence-corrected chi connectivity index (χ3v) is 4.27. The van der Waals surface area contributed by atoms with E-state index in [9.17, 15) is 0 Å². The molecule has 0 aliphatic carbocycles. The lowest BCUT2D eigenvalue weighted by Gasteiger charge is -2.09. The Morgan fingerprint density at radius 1 is 0.714 bits per heavy atom. The van der Waals surface area contributed by atoms with Crippen molar-refractivity contribution in [2.75, 3.05) is 18.9 Å². The van der Waals surface area contributed by atoms with E-state index < -0.39 is 0 Å². The first-order chi connectivity index (χ1) is 13.8. The van der Waals surface area contributed by atoms with Crippen LogP contribution in [0, 0.1) is 0 Å². The van der Waals surface area contributed by atoms with E-state index in [1.165, 1.54) is 0 Å². The number of nitrogen functional groups attached to an aromatic ring is 1. The van der Waals surface area contributed by atoms with Gasteiger partial charge >= 0.3 is 0 Å². The molecule has 0 spiro atoms. The second-order valence-corrected chi connectivity index (χ2v) is 6.33. The Kier molecular flexibility index (Phi) is 5.24. The fraction of sp³-hybridized carbons (Fsp3) is 0.0870. The average molecular weight is 371 g/mol. The van der Waals surface area contributed by atoms with Crippen molar-refractivity contribution in [1.82, 2.24) is 10.2 Å². The molecule has 0 amide bonds. The molecule has 3 aromatic carbocycles. The highest BCUT2D eigenvalue weighted by molar-refractivity contribution is 5.70. The summed E-state index contributed by atoms with van der Waals surface area (Å²) in [4.78, 5) is 0. The number of hydrogen-bond donors (Lipinski definition) is 2. The standard InChI is InChI=1S/C23H21N3O2/c24-19-8-4-6-17(14-19)22-16-23(26-25-22)18-7-5-11-21(15-18)28-13-12-27-20-9-2-1-3-10-20/h1-11,14-16H,12-13,24H2,(H,25,26). The minimum absolute atomic E-state index is 0.468. The summed E-state index contributed by atoms with van der Waals surface area (Å²) in [5.74, 6) is 1.63. The van der Waals surface area contributed by atoms with E-state index in [1.54, 1.807) is 0 Å². The first-order valence-electron chi connectivity index (χ1n) is 9.10. The number of nitrogens with two attached hydrogens (primary N) is 1. The monoisotopic (exact) mass is 371 g/mol. The SMILES string of the molecule is Nc1cccc(-c2cc(-c3cccc(OCCOc4ccccc4)c3)[nH]n2)c1. The molecule has 0 saturated heterocycles. The highest BCUT2D eigenvalue weighted by Crippen LogP contribution is 2.27. The van der Waals surface area contributed by atoms with Crippen molar-refractivity contribution in [2.24, 2.45) is 0 Å². The number of benzene rings is 3. The van der Waals surface area contributed by atoms with Crippen LogP contribution in [0.1, 0.15) is 0 Å². The Morgan fingerprint density at radius 2 is 1.43 bits per heavy atom. The van der Waals surface area contributed by atoms with Crippen molar-refractivity contribution in [2.45, 2.75) is 0 Å². The predicted molar refractivity (Wildman–Crippen MR) is 111 cm³/mol. The van der Waals surface area contributed by atoms with Gasteiger partial charge in [-0.05, 0) is 42.5 Å². The summed E-state index contributed by atoms with van der Waals surface area (Å²) in [5, 5.41) is 7.49. The smallest absolute Gasteiger partial charge is 0.122 e. The Balaban J connectivity index is 1.40. The van der Waals surface area contributed by atoms with Crippen LogP contribution in [0.15, 0.2) is 84.9 Å². The molecule has 140 valence electrons. The number of aromatic nitrogens is 2. The summed E-state index contributed by atoms with van der Waals surface area (Å²) < 4.78 is 11.5. The lowest BCUT2D eigenvalue weighted by Crippen LogP contribution is -2.08. The molecular formula is C23H21N3O2. The van der Waals surface area contributed by atoms with Gasteiger partial charge < -0.3 is 15.2 Å². The van der Waals surface area contributed by atoms with Crippen LogP contribution in [0.4, 0.5) is 5.69 Å². The summed E-state index contributed by atoms with van der Waals surface area (Å²) in [6.45, 7) is 0.952. The van der Waals surface area contributed by atoms with Crippen molar-refractivity contribution in [3.8, 4) is 34.0 Å². The van der Waals surface area contributed by atoms with Crippen LogP contribution in [0.5, 0.6) is 11.5 Å². The van der Waals surface area contributed by atoms with Gasteiger partial charge in [-0.3, -0.25) is 5.10 Å². The van der Waals surface area contributed by atoms with Crippen LogP contribution >= 0.6 is 0 Å². The maximum atomic E-state index is 5.86. The quantitative estimate of drug-likeness (QED) is 0.362. The number of hydrogen-bond acceptors (Lipinski definition) is 4. The molecule has 0 aliphatic rings. The third-order valence-electron chi connectivity index (χ3n) is 4.27. The summed E-state index contributed by atoms with van der Waals surface area (Å²) >= 11 is 0. The van der Waals surface area contributed by atoms with Gasteiger partial charge in [0, 0.05) is 16.8 Å². The van der Waals surface area contributed by atoms with Crippen LogP contribution in [0.2, 0.25) is 0 Å². The van der Waals surface area contributed by atoms with E-state index in [2.05, 4.69) is 10.2 Å². The lowest BCUT2D eigenvalue weighted by atomic mass is 10.1. The van der Waals surface area contributed by atoms with Crippen molar-refractivity contribution in [3.05, 3.63) is 84.9 Å². The van der Waals surface area contributed by atoms with Crippen molar-refractivity contribution in [3.63, 3.8) is 0 Å². The molecule has 3 N–H and O–H groups in total. The zero-order valence-electron chi connectivity index (χ0n) is 15.3. The van der Waals surface area contributed by atoms with Crippen LogP contribution < -0.4 is 15.2 Å². The van der Waals surface area contributed by atoms with Gasteiger partial charge in [-0.1, -0.05) is 42.5 Å². The van der Waals surface area contributed by atoms with Crippen molar-refractivity contribution < 1.29 is 9.47 Å². The summed E-state index contributed by atoms with van der Waals surface area (Å²) in [6.07, 6.45) is 0. The number of para-hydroxylation sites is 1. The first-order valence-corrected chi connectivity index (χ1v) is 9.10. The molecule has 0 aliphatic heterocycles. The van der Waals surface area contributed by atoms with Gasteiger partial charge in [-0.25, -0.2) is 0 Å². The Bertz CT molecular complexity index is 1040. The molecule has 0 bridgehead atoms. The molecule has 0 saturated carbocycles. The molecule has 0 unspecified atom stereocenters. The highest BCUT2D eigenvalue weighted by Gasteiger charge is 2.07. The molecule has 0 radical (unpaired) electrons. The lowest BCUT2D eigenvalue weighted by molar-refractivity contribution is 0.217. The van der Waals surface area contributed by atoms with Crippen LogP contribution in [0.3, 0.4) is 0 Å². The van der Waals surface area contributed by atoms with Gasteiger partial charge in [0.2, 0.25) is 0 Å². The largest absolute Gasteiger partial charge is 0.490 e.